The summed E-state index contributed by atoms with van der Waals surface area (Å²) in [5.74, 6) is -5.78. The molecular weight excluding hydrogens is 455 g/mol. The minimum atomic E-state index is -3.64. The number of nitrogens with zero attached hydrogens (tertiary/aromatic N) is 4. The van der Waals surface area contributed by atoms with Crippen molar-refractivity contribution in [3.05, 3.63) is 41.7 Å². The maximum absolute atomic E-state index is 15.5. The van der Waals surface area contributed by atoms with Crippen LogP contribution in [0.3, 0.4) is 0 Å². The molecule has 1 aromatic heterocycles. The van der Waals surface area contributed by atoms with Crippen LogP contribution in [0.1, 0.15) is 24.8 Å². The van der Waals surface area contributed by atoms with Crippen LogP contribution in [0.2, 0.25) is 0 Å². The van der Waals surface area contributed by atoms with Crippen LogP contribution in [0.15, 0.2) is 24.5 Å². The number of alkyl halides is 3. The summed E-state index contributed by atoms with van der Waals surface area (Å²) in [6.45, 7) is -0.744. The summed E-state index contributed by atoms with van der Waals surface area (Å²) in [6, 6.07) is 2.19. The molecule has 0 saturated heterocycles. The van der Waals surface area contributed by atoms with E-state index in [1.165, 1.54) is 0 Å². The van der Waals surface area contributed by atoms with E-state index in [4.69, 9.17) is 0 Å². The van der Waals surface area contributed by atoms with Gasteiger partial charge in [0.1, 0.15) is 18.0 Å². The lowest BCUT2D eigenvalue weighted by atomic mass is 9.40. The van der Waals surface area contributed by atoms with Gasteiger partial charge in [0.05, 0.1) is 6.54 Å². The van der Waals surface area contributed by atoms with Crippen LogP contribution in [0.4, 0.5) is 17.6 Å². The Morgan fingerprint density at radius 1 is 1.24 bits per heavy atom. The number of rotatable bonds is 5. The summed E-state index contributed by atoms with van der Waals surface area (Å²) in [4.78, 5) is 0. The molecule has 0 spiro atoms. The first kappa shape index (κ1) is 17.1. The van der Waals surface area contributed by atoms with Gasteiger partial charge in [-0.1, -0.05) is 22.6 Å². The molecule has 5 rings (SSSR count). The quantitative estimate of drug-likeness (QED) is 0.417. The summed E-state index contributed by atoms with van der Waals surface area (Å²) >= 11 is 2.14. The van der Waals surface area contributed by atoms with E-state index in [2.05, 4.69) is 38.1 Å². The Bertz CT molecular complexity index is 811. The monoisotopic (exact) mass is 468 g/mol. The minimum Gasteiger partial charge on any atom is -0.377 e. The van der Waals surface area contributed by atoms with Gasteiger partial charge in [0.15, 0.2) is 5.60 Å². The molecule has 1 heterocycles. The molecule has 0 amide bonds. The highest BCUT2D eigenvalue weighted by Crippen LogP contribution is 2.79. The smallest absolute Gasteiger partial charge is 0.287 e. The van der Waals surface area contributed by atoms with E-state index in [1.807, 2.05) is 0 Å². The molecule has 2 bridgehead atoms. The summed E-state index contributed by atoms with van der Waals surface area (Å²) in [5, 5.41) is 21.3. The zero-order chi connectivity index (χ0) is 18.1. The summed E-state index contributed by atoms with van der Waals surface area (Å²) in [5.41, 5.74) is -4.96. The SMILES string of the molecule is O[C@](Cn1cnnn1)(c1ccc(F)cc1F)C(F)(F)C12CC(I)(C1)C2. The third kappa shape index (κ3) is 2.25. The van der Waals surface area contributed by atoms with Crippen molar-refractivity contribution >= 4 is 22.6 Å². The lowest BCUT2D eigenvalue weighted by Crippen LogP contribution is -2.75. The Hall–Kier alpha value is -1.30. The van der Waals surface area contributed by atoms with Gasteiger partial charge in [0, 0.05) is 20.5 Å². The van der Waals surface area contributed by atoms with Crippen LogP contribution in [-0.4, -0.2) is 34.7 Å². The maximum Gasteiger partial charge on any atom is 0.287 e. The van der Waals surface area contributed by atoms with Crippen LogP contribution >= 0.6 is 22.6 Å². The fraction of sp³-hybridized carbons (Fsp3) is 0.533. The molecule has 1 atom stereocenters. The Kier molecular flexibility index (Phi) is 3.51. The molecule has 5 nitrogen and oxygen atoms in total. The van der Waals surface area contributed by atoms with Gasteiger partial charge in [-0.25, -0.2) is 22.2 Å². The summed E-state index contributed by atoms with van der Waals surface area (Å²) in [6.07, 6.45) is 1.79. The molecule has 3 fully saturated rings. The molecule has 25 heavy (non-hydrogen) atoms. The van der Waals surface area contributed by atoms with Crippen molar-refractivity contribution in [1.82, 2.24) is 20.2 Å². The van der Waals surface area contributed by atoms with Crippen molar-refractivity contribution in [2.75, 3.05) is 0 Å². The lowest BCUT2D eigenvalue weighted by Gasteiger charge is -2.71. The third-order valence-corrected chi connectivity index (χ3v) is 6.45. The van der Waals surface area contributed by atoms with E-state index in [9.17, 15) is 13.9 Å². The number of aromatic nitrogens is 4. The number of hydrogen-bond acceptors (Lipinski definition) is 4. The van der Waals surface area contributed by atoms with Crippen LogP contribution in [0, 0.1) is 17.0 Å². The highest BCUT2D eigenvalue weighted by Gasteiger charge is 2.81. The number of halogens is 5. The number of tetrazole rings is 1. The van der Waals surface area contributed by atoms with E-state index in [1.54, 1.807) is 0 Å². The molecule has 134 valence electrons. The van der Waals surface area contributed by atoms with Gasteiger partial charge in [-0.05, 0) is 41.8 Å². The van der Waals surface area contributed by atoms with Gasteiger partial charge in [0.2, 0.25) is 0 Å². The average molecular weight is 468 g/mol. The standard InChI is InChI=1S/C15H13F4IN4O/c16-9-1-2-10(11(17)3-9)14(25,7-24-8-21-22-23-24)15(18,19)12-4-13(20,5-12)6-12/h1-3,8,25H,4-7H2/t12?,13?,14-/m1/s1. The predicted octanol–water partition coefficient (Wildman–Crippen LogP) is 2.83. The molecule has 3 saturated carbocycles. The number of aliphatic hydroxyl groups is 1. The summed E-state index contributed by atoms with van der Waals surface area (Å²) < 4.78 is 59.2. The van der Waals surface area contributed by atoms with E-state index in [0.29, 0.717) is 6.07 Å². The molecule has 1 N–H and O–H groups in total. The second-order valence-electron chi connectivity index (χ2n) is 7.03. The van der Waals surface area contributed by atoms with Crippen LogP contribution in [-0.2, 0) is 12.1 Å². The average Bonchev–Trinajstić information content (AvgIpc) is 2.95. The third-order valence-electron chi connectivity index (χ3n) is 5.31. The van der Waals surface area contributed by atoms with E-state index in [-0.39, 0.29) is 22.7 Å². The first-order valence-electron chi connectivity index (χ1n) is 7.56. The molecule has 0 unspecified atom stereocenters. The first-order chi connectivity index (χ1) is 11.6. The molecule has 0 radical (unpaired) electrons. The minimum absolute atomic E-state index is 0.168. The molecule has 3 aliphatic rings. The lowest BCUT2D eigenvalue weighted by molar-refractivity contribution is -0.324. The molecule has 2 aromatic rings. The first-order valence-corrected chi connectivity index (χ1v) is 8.64. The van der Waals surface area contributed by atoms with Crippen molar-refractivity contribution in [2.45, 2.75) is 40.8 Å². The highest BCUT2D eigenvalue weighted by molar-refractivity contribution is 14.1. The molecule has 0 aliphatic heterocycles. The van der Waals surface area contributed by atoms with Crippen molar-refractivity contribution < 1.29 is 22.7 Å². The van der Waals surface area contributed by atoms with Gasteiger partial charge < -0.3 is 5.11 Å². The molecule has 3 aliphatic carbocycles. The van der Waals surface area contributed by atoms with Gasteiger partial charge in [-0.15, -0.1) is 5.10 Å². The van der Waals surface area contributed by atoms with Crippen molar-refractivity contribution in [2.24, 2.45) is 5.41 Å². The zero-order valence-corrected chi connectivity index (χ0v) is 14.9. The van der Waals surface area contributed by atoms with Crippen molar-refractivity contribution in [3.8, 4) is 0 Å². The number of benzene rings is 1. The maximum atomic E-state index is 15.5. The van der Waals surface area contributed by atoms with Crippen molar-refractivity contribution in [3.63, 3.8) is 0 Å². The van der Waals surface area contributed by atoms with E-state index in [0.717, 1.165) is 23.1 Å². The number of hydrogen-bond donors (Lipinski definition) is 1. The van der Waals surface area contributed by atoms with Gasteiger partial charge in [-0.3, -0.25) is 0 Å². The molecule has 10 heteroatoms. The predicted molar refractivity (Wildman–Crippen MR) is 86.1 cm³/mol. The van der Waals surface area contributed by atoms with Gasteiger partial charge in [-0.2, -0.15) is 0 Å². The Morgan fingerprint density at radius 3 is 2.44 bits per heavy atom. The van der Waals surface area contributed by atoms with Gasteiger partial charge >= 0.3 is 0 Å². The normalized spacial score (nSPS) is 30.3. The highest BCUT2D eigenvalue weighted by atomic mass is 127. The zero-order valence-electron chi connectivity index (χ0n) is 12.8. The topological polar surface area (TPSA) is 63.8 Å². The van der Waals surface area contributed by atoms with Gasteiger partial charge in [0.25, 0.3) is 5.92 Å². The van der Waals surface area contributed by atoms with Crippen molar-refractivity contribution in [1.29, 1.82) is 0 Å². The van der Waals surface area contributed by atoms with Crippen LogP contribution in [0.5, 0.6) is 0 Å². The fourth-order valence-corrected chi connectivity index (χ4v) is 6.29. The Morgan fingerprint density at radius 2 is 1.92 bits per heavy atom. The Balaban J connectivity index is 1.81. The van der Waals surface area contributed by atoms with Crippen LogP contribution in [0.25, 0.3) is 0 Å². The van der Waals surface area contributed by atoms with E-state index >= 15 is 8.78 Å². The van der Waals surface area contributed by atoms with E-state index < -0.39 is 40.7 Å². The molecule has 1 aromatic carbocycles. The second kappa shape index (κ2) is 5.12. The molecular formula is C15H13F4IN4O. The Labute approximate surface area is 153 Å². The fourth-order valence-electron chi connectivity index (χ4n) is 4.10. The second-order valence-corrected chi connectivity index (χ2v) is 9.32. The summed E-state index contributed by atoms with van der Waals surface area (Å²) in [7, 11) is 0. The van der Waals surface area contributed by atoms with Crippen LogP contribution < -0.4 is 0 Å². The largest absolute Gasteiger partial charge is 0.377 e.